The van der Waals surface area contributed by atoms with Crippen LogP contribution in [-0.2, 0) is 32.6 Å². The number of nitrogens with zero attached hydrogens (tertiary/aromatic N) is 2. The molecular formula is C26H22N3O9S2+. The number of carbonyl (C=O) groups excluding carboxylic acids is 1. The second-order valence-electron chi connectivity index (χ2n) is 8.67. The Hall–Kier alpha value is -4.05. The average Bonchev–Trinajstić information content (AvgIpc) is 3.25. The second kappa shape index (κ2) is 12.0. The molecule has 1 aromatic heterocycles. The Kier molecular flexibility index (Phi) is 8.25. The molecule has 3 N–H and O–H groups in total. The molecule has 3 aromatic carbocycles. The lowest BCUT2D eigenvalue weighted by Gasteiger charge is -2.08. The minimum atomic E-state index is -4.63. The van der Waals surface area contributed by atoms with Crippen molar-refractivity contribution in [3.8, 4) is 22.8 Å². The lowest BCUT2D eigenvalue weighted by molar-refractivity contribution is -0.552. The summed E-state index contributed by atoms with van der Waals surface area (Å²) in [5.41, 5.74) is 3.77. The van der Waals surface area contributed by atoms with Crippen molar-refractivity contribution >= 4 is 34.4 Å². The van der Waals surface area contributed by atoms with Crippen LogP contribution in [0.3, 0.4) is 0 Å². The third-order valence-corrected chi connectivity index (χ3v) is 6.77. The highest BCUT2D eigenvalue weighted by atomic mass is 32.3. The van der Waals surface area contributed by atoms with Gasteiger partial charge in [0.1, 0.15) is 29.1 Å². The summed E-state index contributed by atoms with van der Waals surface area (Å²) in [6.45, 7) is 0. The SMILES string of the molecule is O=C1C(Cc2ccc(OS(=O)(=O)O)cc2)Nc2c(Cc3ccccc3)nc(-c3ccc(OSOOO)cc3)c[n+]21. The maximum absolute atomic E-state index is 13.5. The fraction of sp³-hybridized carbons (Fsp3) is 0.115. The number of fused-ring (bicyclic) bond motifs is 1. The minimum Gasteiger partial charge on any atom is -0.399 e. The summed E-state index contributed by atoms with van der Waals surface area (Å²) in [6, 6.07) is 22.1. The van der Waals surface area contributed by atoms with Crippen molar-refractivity contribution in [2.24, 2.45) is 0 Å². The minimum absolute atomic E-state index is 0.0436. The van der Waals surface area contributed by atoms with E-state index >= 15 is 0 Å². The van der Waals surface area contributed by atoms with Crippen molar-refractivity contribution in [2.75, 3.05) is 5.32 Å². The smallest absolute Gasteiger partial charge is 0.399 e. The molecule has 2 heterocycles. The summed E-state index contributed by atoms with van der Waals surface area (Å²) < 4.78 is 46.2. The van der Waals surface area contributed by atoms with Crippen LogP contribution in [0.4, 0.5) is 5.82 Å². The van der Waals surface area contributed by atoms with Gasteiger partial charge in [0, 0.05) is 18.4 Å². The second-order valence-corrected chi connectivity index (χ2v) is 10.1. The van der Waals surface area contributed by atoms with Crippen LogP contribution in [0, 0.1) is 0 Å². The van der Waals surface area contributed by atoms with E-state index in [2.05, 4.69) is 18.9 Å². The molecule has 0 fully saturated rings. The van der Waals surface area contributed by atoms with E-state index in [1.807, 2.05) is 30.3 Å². The predicted octanol–water partition coefficient (Wildman–Crippen LogP) is 3.85. The zero-order chi connectivity index (χ0) is 28.1. The molecule has 206 valence electrons. The molecule has 1 unspecified atom stereocenters. The summed E-state index contributed by atoms with van der Waals surface area (Å²) in [6.07, 6.45) is 2.47. The van der Waals surface area contributed by atoms with Crippen molar-refractivity contribution in [3.05, 3.63) is 102 Å². The highest BCUT2D eigenvalue weighted by Crippen LogP contribution is 2.27. The van der Waals surface area contributed by atoms with Crippen LogP contribution in [0.1, 0.15) is 21.6 Å². The Balaban J connectivity index is 1.42. The third-order valence-electron chi connectivity index (χ3n) is 5.99. The van der Waals surface area contributed by atoms with Crippen LogP contribution in [-0.4, -0.2) is 35.2 Å². The Labute approximate surface area is 233 Å². The fourth-order valence-corrected chi connectivity index (χ4v) is 4.85. The first-order valence-corrected chi connectivity index (χ1v) is 13.8. The van der Waals surface area contributed by atoms with Gasteiger partial charge in [0.25, 0.3) is 12.3 Å². The quantitative estimate of drug-likeness (QED) is 0.0585. The van der Waals surface area contributed by atoms with Gasteiger partial charge in [0.15, 0.2) is 6.04 Å². The molecule has 14 heteroatoms. The number of carbonyl (C=O) groups is 1. The molecular weight excluding hydrogens is 562 g/mol. The van der Waals surface area contributed by atoms with E-state index in [0.717, 1.165) is 16.7 Å². The number of benzene rings is 3. The lowest BCUT2D eigenvalue weighted by atomic mass is 10.1. The topological polar surface area (TPSA) is 157 Å². The van der Waals surface area contributed by atoms with Crippen molar-refractivity contribution in [1.82, 2.24) is 4.98 Å². The summed E-state index contributed by atoms with van der Waals surface area (Å²) in [5, 5.41) is 15.0. The maximum Gasteiger partial charge on any atom is 0.446 e. The molecule has 4 aromatic rings. The molecule has 0 aliphatic carbocycles. The number of anilines is 1. The number of rotatable bonds is 11. The van der Waals surface area contributed by atoms with Crippen molar-refractivity contribution in [3.63, 3.8) is 0 Å². The molecule has 40 heavy (non-hydrogen) atoms. The molecule has 12 nitrogen and oxygen atoms in total. The molecule has 5 rings (SSSR count). The summed E-state index contributed by atoms with van der Waals surface area (Å²) in [7, 11) is -4.63. The monoisotopic (exact) mass is 584 g/mol. The zero-order valence-corrected chi connectivity index (χ0v) is 22.2. The summed E-state index contributed by atoms with van der Waals surface area (Å²) >= 11 is 0.442. The van der Waals surface area contributed by atoms with Crippen LogP contribution < -0.4 is 18.3 Å². The standard InChI is InChI=1S/C26H21N3O9S2/c30-26-23(15-18-6-10-21(11-7-18)36-40(32,33)34)28-25-22(14-17-4-2-1-3-5-17)27-24(16-29(25)26)19-8-12-20(13-9-19)35-39-38-37-31/h1-13,16,23H,14-15H2,(H2,31,32,33,34)/p+1. The van der Waals surface area contributed by atoms with E-state index in [-0.39, 0.29) is 11.7 Å². The van der Waals surface area contributed by atoms with Gasteiger partial charge in [-0.2, -0.15) is 13.0 Å². The Morgan fingerprint density at radius 3 is 2.33 bits per heavy atom. The molecule has 0 radical (unpaired) electrons. The number of nitrogens with one attached hydrogen (secondary N) is 1. The third kappa shape index (κ3) is 6.74. The fourth-order valence-electron chi connectivity index (χ4n) is 4.25. The van der Waals surface area contributed by atoms with E-state index in [1.165, 1.54) is 12.1 Å². The van der Waals surface area contributed by atoms with Gasteiger partial charge in [-0.05, 0) is 47.5 Å². The molecule has 1 aliphatic heterocycles. The number of aromatic nitrogens is 2. The van der Waals surface area contributed by atoms with Gasteiger partial charge in [-0.1, -0.05) is 51.8 Å². The van der Waals surface area contributed by atoms with Crippen molar-refractivity contribution in [1.29, 1.82) is 0 Å². The summed E-state index contributed by atoms with van der Waals surface area (Å²) in [5.74, 6) is 0.808. The predicted molar refractivity (Wildman–Crippen MR) is 142 cm³/mol. The molecule has 0 amide bonds. The van der Waals surface area contributed by atoms with Gasteiger partial charge < -0.3 is 8.37 Å². The first-order chi connectivity index (χ1) is 19.3. The van der Waals surface area contributed by atoms with E-state index in [1.54, 1.807) is 47.2 Å². The van der Waals surface area contributed by atoms with Gasteiger partial charge in [-0.25, -0.2) is 15.0 Å². The Bertz CT molecular complexity index is 1600. The van der Waals surface area contributed by atoms with E-state index in [9.17, 15) is 13.2 Å². The molecule has 0 saturated carbocycles. The number of hydrogen-bond donors (Lipinski definition) is 3. The average molecular weight is 585 g/mol. The van der Waals surface area contributed by atoms with Gasteiger partial charge in [0.05, 0.1) is 0 Å². The molecule has 1 aliphatic rings. The molecule has 1 atom stereocenters. The van der Waals surface area contributed by atoms with Gasteiger partial charge >= 0.3 is 22.1 Å². The van der Waals surface area contributed by atoms with Crippen molar-refractivity contribution < 1.29 is 45.3 Å². The summed E-state index contributed by atoms with van der Waals surface area (Å²) in [4.78, 5) is 18.4. The zero-order valence-electron chi connectivity index (χ0n) is 20.5. The first-order valence-electron chi connectivity index (χ1n) is 11.8. The van der Waals surface area contributed by atoms with Crippen LogP contribution in [0.2, 0.25) is 0 Å². The highest BCUT2D eigenvalue weighted by Gasteiger charge is 2.41. The maximum atomic E-state index is 13.5. The lowest BCUT2D eigenvalue weighted by Crippen LogP contribution is -2.44. The van der Waals surface area contributed by atoms with E-state index in [0.29, 0.717) is 48.1 Å². The first kappa shape index (κ1) is 27.5. The van der Waals surface area contributed by atoms with Crippen LogP contribution in [0.5, 0.6) is 11.5 Å². The van der Waals surface area contributed by atoms with Crippen LogP contribution in [0.25, 0.3) is 11.3 Å². The molecule has 0 spiro atoms. The van der Waals surface area contributed by atoms with Crippen LogP contribution in [0.15, 0.2) is 85.1 Å². The highest BCUT2D eigenvalue weighted by molar-refractivity contribution is 7.90. The largest absolute Gasteiger partial charge is 0.446 e. The van der Waals surface area contributed by atoms with Gasteiger partial charge in [0.2, 0.25) is 0 Å². The van der Waals surface area contributed by atoms with E-state index in [4.69, 9.17) is 19.0 Å². The van der Waals surface area contributed by atoms with Gasteiger partial charge in [-0.15, -0.1) is 0 Å². The normalized spacial score (nSPS) is 14.4. The van der Waals surface area contributed by atoms with E-state index < -0.39 is 16.4 Å². The molecule has 0 saturated heterocycles. The van der Waals surface area contributed by atoms with Gasteiger partial charge in [-0.3, -0.25) is 9.87 Å². The number of hydrogen-bond acceptors (Lipinski definition) is 11. The van der Waals surface area contributed by atoms with Crippen LogP contribution >= 0.6 is 12.3 Å². The molecule has 0 bridgehead atoms. The Morgan fingerprint density at radius 2 is 1.65 bits per heavy atom. The Morgan fingerprint density at radius 1 is 0.950 bits per heavy atom. The van der Waals surface area contributed by atoms with Crippen molar-refractivity contribution in [2.45, 2.75) is 18.9 Å².